The number of aromatic carboxylic acids is 1. The molecule has 16 heteroatoms. The van der Waals surface area contributed by atoms with E-state index in [0.717, 1.165) is 12.1 Å². The molecule has 1 heterocycles. The van der Waals surface area contributed by atoms with Crippen LogP contribution in [0.1, 0.15) is 31.1 Å². The molecule has 0 saturated carbocycles. The Morgan fingerprint density at radius 1 is 0.750 bits per heavy atom. The van der Waals surface area contributed by atoms with E-state index < -0.39 is 48.4 Å². The number of amides is 2. The van der Waals surface area contributed by atoms with Gasteiger partial charge in [0.1, 0.15) is 18.1 Å². The number of hydrogen-bond acceptors (Lipinski definition) is 7. The largest absolute Gasteiger partial charge is 0.481 e. The summed E-state index contributed by atoms with van der Waals surface area (Å²) in [6.07, 6.45) is 0. The van der Waals surface area contributed by atoms with Crippen LogP contribution in [0.15, 0.2) is 72.8 Å². The van der Waals surface area contributed by atoms with Gasteiger partial charge >= 0.3 is 17.9 Å². The van der Waals surface area contributed by atoms with Gasteiger partial charge in [-0.15, -0.1) is 0 Å². The van der Waals surface area contributed by atoms with E-state index in [4.69, 9.17) is 44.6 Å². The number of imidazole rings is 1. The lowest BCUT2D eigenvalue weighted by Gasteiger charge is -2.16. The zero-order chi connectivity index (χ0) is 34.7. The van der Waals surface area contributed by atoms with Crippen molar-refractivity contribution in [3.63, 3.8) is 0 Å². The maximum absolute atomic E-state index is 13.3. The molecule has 0 spiro atoms. The minimum atomic E-state index is -1.50. The van der Waals surface area contributed by atoms with E-state index >= 15 is 0 Å². The Labute approximate surface area is 285 Å². The topological polar surface area (TPSA) is 197 Å². The molecule has 244 valence electrons. The molecule has 0 atom stereocenters. The van der Waals surface area contributed by atoms with E-state index in [1.54, 1.807) is 0 Å². The average Bonchev–Trinajstić information content (AvgIpc) is 3.37. The van der Waals surface area contributed by atoms with E-state index in [9.17, 15) is 34.2 Å². The Bertz CT molecular complexity index is 2110. The number of aliphatic carboxylic acids is 2. The van der Waals surface area contributed by atoms with Crippen molar-refractivity contribution in [1.29, 1.82) is 0 Å². The highest BCUT2D eigenvalue weighted by molar-refractivity contribution is 6.42. The molecule has 0 radical (unpaired) electrons. The molecule has 5 rings (SSSR count). The number of aromatic nitrogens is 2. The standard InChI is InChI=1S/C32H21Cl3N4O9/c33-17-5-7-18(8-6-17)36-31(45)20-9-23(19(32(46)47)10-26(20)48-14-28(42)43)38-30(44)16-3-1-15(2-4-16)29-37-24-11-21(34)22(35)12-25(24)39(29)13-27(40)41/h1-12H,13-14H2,(H,36,45)(H,38,44)(H,40,41)(H,42,43)(H,46,47). The number of carbonyl (C=O) groups excluding carboxylic acids is 2. The van der Waals surface area contributed by atoms with Crippen LogP contribution in [0.3, 0.4) is 0 Å². The number of halogens is 3. The SMILES string of the molecule is O=C(O)COc1cc(C(=O)O)c(NC(=O)c2ccc(-c3nc4cc(Cl)c(Cl)cc4n3CC(=O)O)cc2)cc1C(=O)Nc1ccc(Cl)cc1. The lowest BCUT2D eigenvalue weighted by Crippen LogP contribution is -2.20. The van der Waals surface area contributed by atoms with Gasteiger partial charge in [0.15, 0.2) is 6.61 Å². The summed E-state index contributed by atoms with van der Waals surface area (Å²) in [5.74, 6) is -5.64. The van der Waals surface area contributed by atoms with Crippen molar-refractivity contribution < 1.29 is 44.0 Å². The molecule has 2 amide bonds. The van der Waals surface area contributed by atoms with Crippen LogP contribution in [0.5, 0.6) is 5.75 Å². The van der Waals surface area contributed by atoms with Gasteiger partial charge in [0.05, 0.1) is 37.9 Å². The van der Waals surface area contributed by atoms with Gasteiger partial charge < -0.3 is 35.3 Å². The Morgan fingerprint density at radius 3 is 2.04 bits per heavy atom. The average molecular weight is 712 g/mol. The van der Waals surface area contributed by atoms with Crippen LogP contribution in [0.2, 0.25) is 15.1 Å². The summed E-state index contributed by atoms with van der Waals surface area (Å²) < 4.78 is 6.65. The Hall–Kier alpha value is -5.63. The minimum absolute atomic E-state index is 0.0699. The van der Waals surface area contributed by atoms with Crippen LogP contribution in [0.4, 0.5) is 11.4 Å². The predicted molar refractivity (Wildman–Crippen MR) is 177 cm³/mol. The van der Waals surface area contributed by atoms with Crippen LogP contribution < -0.4 is 15.4 Å². The molecule has 0 bridgehead atoms. The number of nitrogens with one attached hydrogen (secondary N) is 2. The monoisotopic (exact) mass is 710 g/mol. The second kappa shape index (κ2) is 14.0. The van der Waals surface area contributed by atoms with Crippen LogP contribution in [0, 0.1) is 0 Å². The summed E-state index contributed by atoms with van der Waals surface area (Å²) in [4.78, 5) is 66.0. The zero-order valence-corrected chi connectivity index (χ0v) is 26.4. The molecule has 0 aliphatic carbocycles. The smallest absolute Gasteiger partial charge is 0.341 e. The fourth-order valence-electron chi connectivity index (χ4n) is 4.63. The van der Waals surface area contributed by atoms with Gasteiger partial charge in [0, 0.05) is 21.8 Å². The first-order valence-electron chi connectivity index (χ1n) is 13.6. The van der Waals surface area contributed by atoms with E-state index in [2.05, 4.69) is 15.6 Å². The van der Waals surface area contributed by atoms with Crippen molar-refractivity contribution in [2.75, 3.05) is 17.2 Å². The third kappa shape index (κ3) is 7.50. The summed E-state index contributed by atoms with van der Waals surface area (Å²) in [5, 5.41) is 34.4. The molecule has 5 aromatic rings. The summed E-state index contributed by atoms with van der Waals surface area (Å²) in [7, 11) is 0. The van der Waals surface area contributed by atoms with Gasteiger partial charge in [0.25, 0.3) is 11.8 Å². The number of carbonyl (C=O) groups is 5. The second-order valence-corrected chi connectivity index (χ2v) is 11.3. The molecule has 48 heavy (non-hydrogen) atoms. The predicted octanol–water partition coefficient (Wildman–Crippen LogP) is 6.41. The fourth-order valence-corrected chi connectivity index (χ4v) is 5.07. The number of hydrogen-bond donors (Lipinski definition) is 5. The number of carboxylic acid groups (broad SMARTS) is 3. The number of anilines is 2. The zero-order valence-electron chi connectivity index (χ0n) is 24.2. The number of carboxylic acids is 3. The number of benzene rings is 4. The van der Waals surface area contributed by atoms with Crippen molar-refractivity contribution in [2.45, 2.75) is 6.54 Å². The molecule has 1 aromatic heterocycles. The highest BCUT2D eigenvalue weighted by Gasteiger charge is 2.23. The van der Waals surface area contributed by atoms with Gasteiger partial charge in [-0.2, -0.15) is 0 Å². The molecule has 0 aliphatic rings. The van der Waals surface area contributed by atoms with Gasteiger partial charge in [-0.3, -0.25) is 14.4 Å². The maximum Gasteiger partial charge on any atom is 0.341 e. The van der Waals surface area contributed by atoms with Crippen LogP contribution in [-0.4, -0.2) is 61.2 Å². The first-order valence-corrected chi connectivity index (χ1v) is 14.8. The lowest BCUT2D eigenvalue weighted by atomic mass is 10.1. The summed E-state index contributed by atoms with van der Waals surface area (Å²) in [6, 6.07) is 16.9. The van der Waals surface area contributed by atoms with Crippen LogP contribution >= 0.6 is 34.8 Å². The van der Waals surface area contributed by atoms with Gasteiger partial charge in [0.2, 0.25) is 0 Å². The third-order valence-corrected chi connectivity index (χ3v) is 7.76. The van der Waals surface area contributed by atoms with Crippen molar-refractivity contribution in [3.8, 4) is 17.1 Å². The van der Waals surface area contributed by atoms with Crippen LogP contribution in [-0.2, 0) is 16.1 Å². The number of rotatable bonds is 11. The molecule has 13 nitrogen and oxygen atoms in total. The quantitative estimate of drug-likeness (QED) is 0.102. The molecule has 0 aliphatic heterocycles. The highest BCUT2D eigenvalue weighted by Crippen LogP contribution is 2.33. The van der Waals surface area contributed by atoms with E-state index in [1.165, 1.54) is 65.2 Å². The number of ether oxygens (including phenoxy) is 1. The minimum Gasteiger partial charge on any atom is -0.481 e. The summed E-state index contributed by atoms with van der Waals surface area (Å²) >= 11 is 18.2. The van der Waals surface area contributed by atoms with Gasteiger partial charge in [-0.05, 0) is 60.7 Å². The molecular formula is C32H21Cl3N4O9. The number of nitrogens with zero attached hydrogens (tertiary/aromatic N) is 2. The molecule has 0 unspecified atom stereocenters. The highest BCUT2D eigenvalue weighted by atomic mass is 35.5. The van der Waals surface area contributed by atoms with E-state index in [-0.39, 0.29) is 38.4 Å². The van der Waals surface area contributed by atoms with Crippen molar-refractivity contribution in [1.82, 2.24) is 9.55 Å². The van der Waals surface area contributed by atoms with Gasteiger partial charge in [-0.25, -0.2) is 14.6 Å². The first kappa shape index (κ1) is 33.7. The fraction of sp³-hybridized carbons (Fsp3) is 0.0625. The maximum atomic E-state index is 13.3. The van der Waals surface area contributed by atoms with Gasteiger partial charge in [-0.1, -0.05) is 46.9 Å². The first-order chi connectivity index (χ1) is 22.8. The molecule has 0 fully saturated rings. The molecule has 5 N–H and O–H groups in total. The van der Waals surface area contributed by atoms with Crippen LogP contribution in [0.25, 0.3) is 22.4 Å². The molecular weight excluding hydrogens is 691 g/mol. The Morgan fingerprint density at radius 2 is 1.42 bits per heavy atom. The van der Waals surface area contributed by atoms with E-state index in [0.29, 0.717) is 27.3 Å². The van der Waals surface area contributed by atoms with Crippen molar-refractivity contribution >= 4 is 86.9 Å². The normalized spacial score (nSPS) is 10.8. The Balaban J connectivity index is 1.47. The number of fused-ring (bicyclic) bond motifs is 1. The van der Waals surface area contributed by atoms with Crippen molar-refractivity contribution in [3.05, 3.63) is 105 Å². The summed E-state index contributed by atoms with van der Waals surface area (Å²) in [6.45, 7) is -1.32. The lowest BCUT2D eigenvalue weighted by molar-refractivity contribution is -0.139. The Kier molecular flexibility index (Phi) is 9.84. The molecule has 4 aromatic carbocycles. The second-order valence-electron chi connectivity index (χ2n) is 10.0. The third-order valence-electron chi connectivity index (χ3n) is 6.79. The van der Waals surface area contributed by atoms with E-state index in [1.807, 2.05) is 0 Å². The van der Waals surface area contributed by atoms with Crippen molar-refractivity contribution in [2.24, 2.45) is 0 Å². The summed E-state index contributed by atoms with van der Waals surface area (Å²) in [5.41, 5.74) is 0.639. The molecule has 0 saturated heterocycles.